The summed E-state index contributed by atoms with van der Waals surface area (Å²) in [5.41, 5.74) is 0. The van der Waals surface area contributed by atoms with E-state index in [1.165, 1.54) is 12.8 Å². The predicted molar refractivity (Wildman–Crippen MR) is 80.5 cm³/mol. The Hall–Kier alpha value is -1.52. The number of aryl methyl sites for hydroxylation is 2. The molecule has 108 valence electrons. The lowest BCUT2D eigenvalue weighted by Crippen LogP contribution is -2.38. The maximum absolute atomic E-state index is 4.22. The number of hydrogen-bond acceptors (Lipinski definition) is 2. The van der Waals surface area contributed by atoms with E-state index in [0.29, 0.717) is 0 Å². The zero-order valence-corrected chi connectivity index (χ0v) is 12.4. The standard InChI is InChI=1S/C14H27N5/c1-4-5-8-17-14(15-3)18-9-6-7-11-19-12-10-16-13(19)2/h10,12H,4-9,11H2,1-3H3,(H2,15,17,18). The second kappa shape index (κ2) is 9.42. The van der Waals surface area contributed by atoms with Crippen LogP contribution in [0.25, 0.3) is 0 Å². The summed E-state index contributed by atoms with van der Waals surface area (Å²) in [6.07, 6.45) is 8.55. The van der Waals surface area contributed by atoms with Gasteiger partial charge in [0.15, 0.2) is 5.96 Å². The third-order valence-electron chi connectivity index (χ3n) is 3.09. The Morgan fingerprint density at radius 2 is 2.00 bits per heavy atom. The molecule has 0 amide bonds. The van der Waals surface area contributed by atoms with Crippen molar-refractivity contribution < 1.29 is 0 Å². The molecule has 0 unspecified atom stereocenters. The molecule has 0 aromatic carbocycles. The van der Waals surface area contributed by atoms with Crippen molar-refractivity contribution >= 4 is 5.96 Å². The van der Waals surface area contributed by atoms with Crippen molar-refractivity contribution in [3.8, 4) is 0 Å². The number of unbranched alkanes of at least 4 members (excludes halogenated alkanes) is 2. The smallest absolute Gasteiger partial charge is 0.190 e. The quantitative estimate of drug-likeness (QED) is 0.429. The van der Waals surface area contributed by atoms with Gasteiger partial charge in [-0.1, -0.05) is 13.3 Å². The Morgan fingerprint density at radius 1 is 1.26 bits per heavy atom. The van der Waals surface area contributed by atoms with Gasteiger partial charge in [0.05, 0.1) is 0 Å². The largest absolute Gasteiger partial charge is 0.356 e. The topological polar surface area (TPSA) is 54.2 Å². The van der Waals surface area contributed by atoms with Gasteiger partial charge in [0.2, 0.25) is 0 Å². The molecule has 1 aromatic rings. The molecule has 0 aliphatic heterocycles. The van der Waals surface area contributed by atoms with Gasteiger partial charge in [0.1, 0.15) is 5.82 Å². The number of aliphatic imine (C=N–C) groups is 1. The summed E-state index contributed by atoms with van der Waals surface area (Å²) in [7, 11) is 1.82. The highest BCUT2D eigenvalue weighted by atomic mass is 15.2. The van der Waals surface area contributed by atoms with Crippen molar-refractivity contribution in [3.05, 3.63) is 18.2 Å². The van der Waals surface area contributed by atoms with Crippen molar-refractivity contribution in [2.75, 3.05) is 20.1 Å². The fraction of sp³-hybridized carbons (Fsp3) is 0.714. The number of imidazole rings is 1. The minimum Gasteiger partial charge on any atom is -0.356 e. The second-order valence-electron chi connectivity index (χ2n) is 4.65. The molecular weight excluding hydrogens is 238 g/mol. The molecule has 0 radical (unpaired) electrons. The summed E-state index contributed by atoms with van der Waals surface area (Å²) in [6.45, 7) is 7.22. The predicted octanol–water partition coefficient (Wildman–Crippen LogP) is 1.94. The van der Waals surface area contributed by atoms with E-state index in [0.717, 1.165) is 44.3 Å². The number of nitrogens with one attached hydrogen (secondary N) is 2. The van der Waals surface area contributed by atoms with Crippen LogP contribution in [0.15, 0.2) is 17.4 Å². The molecule has 0 bridgehead atoms. The van der Waals surface area contributed by atoms with Gasteiger partial charge in [-0.15, -0.1) is 0 Å². The number of hydrogen-bond donors (Lipinski definition) is 2. The van der Waals surface area contributed by atoms with Crippen LogP contribution in [0, 0.1) is 6.92 Å². The molecule has 19 heavy (non-hydrogen) atoms. The molecule has 5 heteroatoms. The summed E-state index contributed by atoms with van der Waals surface area (Å²) in [6, 6.07) is 0. The van der Waals surface area contributed by atoms with Crippen molar-refractivity contribution in [1.29, 1.82) is 0 Å². The van der Waals surface area contributed by atoms with Crippen LogP contribution in [0.5, 0.6) is 0 Å². The summed E-state index contributed by atoms with van der Waals surface area (Å²) >= 11 is 0. The van der Waals surface area contributed by atoms with Crippen LogP contribution in [0.1, 0.15) is 38.4 Å². The molecule has 0 fully saturated rings. The zero-order chi connectivity index (χ0) is 13.9. The first-order valence-electron chi connectivity index (χ1n) is 7.20. The van der Waals surface area contributed by atoms with Crippen LogP contribution in [0.4, 0.5) is 0 Å². The lowest BCUT2D eigenvalue weighted by Gasteiger charge is -2.11. The van der Waals surface area contributed by atoms with Crippen LogP contribution < -0.4 is 10.6 Å². The van der Waals surface area contributed by atoms with Gasteiger partial charge in [0, 0.05) is 39.1 Å². The van der Waals surface area contributed by atoms with E-state index in [1.807, 2.05) is 26.4 Å². The maximum atomic E-state index is 4.22. The molecule has 0 aliphatic carbocycles. The molecule has 0 saturated carbocycles. The van der Waals surface area contributed by atoms with Crippen molar-refractivity contribution in [1.82, 2.24) is 20.2 Å². The highest BCUT2D eigenvalue weighted by molar-refractivity contribution is 5.79. The molecule has 5 nitrogen and oxygen atoms in total. The first-order valence-corrected chi connectivity index (χ1v) is 7.20. The van der Waals surface area contributed by atoms with Crippen LogP contribution in [-0.4, -0.2) is 35.6 Å². The van der Waals surface area contributed by atoms with Crippen molar-refractivity contribution in [2.24, 2.45) is 4.99 Å². The fourth-order valence-electron chi connectivity index (χ4n) is 1.86. The molecule has 1 rings (SSSR count). The summed E-state index contributed by atoms with van der Waals surface area (Å²) in [5, 5.41) is 6.64. The number of rotatable bonds is 8. The van der Waals surface area contributed by atoms with Gasteiger partial charge in [-0.2, -0.15) is 0 Å². The second-order valence-corrected chi connectivity index (χ2v) is 4.65. The Kier molecular flexibility index (Phi) is 7.70. The highest BCUT2D eigenvalue weighted by Gasteiger charge is 1.98. The van der Waals surface area contributed by atoms with E-state index in [9.17, 15) is 0 Å². The van der Waals surface area contributed by atoms with Gasteiger partial charge in [0.25, 0.3) is 0 Å². The average molecular weight is 265 g/mol. The summed E-state index contributed by atoms with van der Waals surface area (Å²) in [4.78, 5) is 8.42. The minimum atomic E-state index is 0.910. The van der Waals surface area contributed by atoms with Gasteiger partial charge >= 0.3 is 0 Å². The average Bonchev–Trinajstić information content (AvgIpc) is 2.82. The Bertz CT molecular complexity index is 370. The van der Waals surface area contributed by atoms with E-state index in [1.54, 1.807) is 0 Å². The third kappa shape index (κ3) is 6.27. The fourth-order valence-corrected chi connectivity index (χ4v) is 1.86. The van der Waals surface area contributed by atoms with Crippen molar-refractivity contribution in [3.63, 3.8) is 0 Å². The zero-order valence-electron chi connectivity index (χ0n) is 12.4. The summed E-state index contributed by atoms with van der Waals surface area (Å²) in [5.74, 6) is 2.00. The molecule has 1 heterocycles. The van der Waals surface area contributed by atoms with Crippen LogP contribution in [0.2, 0.25) is 0 Å². The van der Waals surface area contributed by atoms with Crippen molar-refractivity contribution in [2.45, 2.75) is 46.1 Å². The lowest BCUT2D eigenvalue weighted by molar-refractivity contribution is 0.587. The van der Waals surface area contributed by atoms with E-state index >= 15 is 0 Å². The van der Waals surface area contributed by atoms with Gasteiger partial charge < -0.3 is 15.2 Å². The molecule has 0 atom stereocenters. The number of nitrogens with zero attached hydrogens (tertiary/aromatic N) is 3. The molecule has 0 aliphatic rings. The van der Waals surface area contributed by atoms with E-state index < -0.39 is 0 Å². The SMILES string of the molecule is CCCCNC(=NC)NCCCCn1ccnc1C. The van der Waals surface area contributed by atoms with Gasteiger partial charge in [-0.05, 0) is 26.2 Å². The first-order chi connectivity index (χ1) is 9.27. The molecule has 0 saturated heterocycles. The monoisotopic (exact) mass is 265 g/mol. The normalized spacial score (nSPS) is 11.6. The van der Waals surface area contributed by atoms with E-state index in [-0.39, 0.29) is 0 Å². The molecule has 1 aromatic heterocycles. The Morgan fingerprint density at radius 3 is 2.58 bits per heavy atom. The maximum Gasteiger partial charge on any atom is 0.190 e. The number of aromatic nitrogens is 2. The highest BCUT2D eigenvalue weighted by Crippen LogP contribution is 1.99. The van der Waals surface area contributed by atoms with E-state index in [2.05, 4.69) is 32.1 Å². The lowest BCUT2D eigenvalue weighted by atomic mass is 10.3. The van der Waals surface area contributed by atoms with E-state index in [4.69, 9.17) is 0 Å². The van der Waals surface area contributed by atoms with Crippen LogP contribution in [0.3, 0.4) is 0 Å². The van der Waals surface area contributed by atoms with Gasteiger partial charge in [-0.25, -0.2) is 4.98 Å². The Labute approximate surface area is 116 Å². The molecule has 2 N–H and O–H groups in total. The van der Waals surface area contributed by atoms with Crippen LogP contribution in [-0.2, 0) is 6.54 Å². The molecule has 0 spiro atoms. The third-order valence-corrected chi connectivity index (χ3v) is 3.09. The minimum absolute atomic E-state index is 0.910. The number of guanidine groups is 1. The Balaban J connectivity index is 2.07. The summed E-state index contributed by atoms with van der Waals surface area (Å²) < 4.78 is 2.19. The first kappa shape index (κ1) is 15.5. The van der Waals surface area contributed by atoms with Crippen LogP contribution >= 0.6 is 0 Å². The van der Waals surface area contributed by atoms with Gasteiger partial charge in [-0.3, -0.25) is 4.99 Å². The molecular formula is C14H27N5.